The quantitative estimate of drug-likeness (QED) is 0.466. The highest BCUT2D eigenvalue weighted by Crippen LogP contribution is 2.29. The Balaban J connectivity index is 1.58. The maximum Gasteiger partial charge on any atom is 0.229 e. The van der Waals surface area contributed by atoms with Crippen LogP contribution in [-0.2, 0) is 0 Å². The van der Waals surface area contributed by atoms with E-state index in [0.717, 1.165) is 35.4 Å². The van der Waals surface area contributed by atoms with Crippen molar-refractivity contribution in [2.75, 3.05) is 30.8 Å². The SMILES string of the molecule is CN1CCC[C@@H]1CCNc1nc(Nc2ccc(Cl)c(Cl)c2)nc2ccc(Cl)cc12. The largest absolute Gasteiger partial charge is 0.369 e. The van der Waals surface area contributed by atoms with Gasteiger partial charge in [-0.1, -0.05) is 34.8 Å². The van der Waals surface area contributed by atoms with E-state index in [2.05, 4.69) is 27.6 Å². The van der Waals surface area contributed by atoms with Gasteiger partial charge in [0.05, 0.1) is 15.6 Å². The molecule has 0 amide bonds. The molecule has 0 spiro atoms. The Morgan fingerprint density at radius 2 is 1.93 bits per heavy atom. The van der Waals surface area contributed by atoms with Gasteiger partial charge in [-0.05, 0) is 69.3 Å². The van der Waals surface area contributed by atoms with Gasteiger partial charge in [0.1, 0.15) is 5.82 Å². The van der Waals surface area contributed by atoms with Crippen molar-refractivity contribution < 1.29 is 0 Å². The minimum Gasteiger partial charge on any atom is -0.369 e. The number of hydrogen-bond acceptors (Lipinski definition) is 5. The minimum atomic E-state index is 0.475. The molecule has 2 heterocycles. The van der Waals surface area contributed by atoms with E-state index >= 15 is 0 Å². The van der Waals surface area contributed by atoms with Crippen LogP contribution in [0.3, 0.4) is 0 Å². The maximum absolute atomic E-state index is 6.22. The number of anilines is 3. The summed E-state index contributed by atoms with van der Waals surface area (Å²) in [5, 5.41) is 9.23. The first-order chi connectivity index (χ1) is 14.0. The summed E-state index contributed by atoms with van der Waals surface area (Å²) in [7, 11) is 2.19. The minimum absolute atomic E-state index is 0.475. The average Bonchev–Trinajstić information content (AvgIpc) is 3.10. The lowest BCUT2D eigenvalue weighted by Crippen LogP contribution is -2.27. The summed E-state index contributed by atoms with van der Waals surface area (Å²) in [4.78, 5) is 11.7. The number of benzene rings is 2. The molecule has 1 atom stereocenters. The molecule has 8 heteroatoms. The molecule has 152 valence electrons. The number of nitrogens with one attached hydrogen (secondary N) is 2. The van der Waals surface area contributed by atoms with Crippen LogP contribution < -0.4 is 10.6 Å². The van der Waals surface area contributed by atoms with Gasteiger partial charge >= 0.3 is 0 Å². The highest BCUT2D eigenvalue weighted by molar-refractivity contribution is 6.42. The number of nitrogens with zero attached hydrogens (tertiary/aromatic N) is 3. The van der Waals surface area contributed by atoms with Gasteiger partial charge in [0.2, 0.25) is 5.95 Å². The molecule has 1 fully saturated rings. The molecule has 0 unspecified atom stereocenters. The van der Waals surface area contributed by atoms with Crippen molar-refractivity contribution in [2.24, 2.45) is 0 Å². The molecule has 1 aromatic heterocycles. The molecule has 0 aliphatic carbocycles. The zero-order chi connectivity index (χ0) is 20.4. The second kappa shape index (κ2) is 8.92. The molecule has 4 rings (SSSR count). The number of likely N-dealkylation sites (tertiary alicyclic amines) is 1. The van der Waals surface area contributed by atoms with Crippen molar-refractivity contribution in [2.45, 2.75) is 25.3 Å². The van der Waals surface area contributed by atoms with E-state index in [1.165, 1.54) is 19.4 Å². The summed E-state index contributed by atoms with van der Waals surface area (Å²) in [5.74, 6) is 1.25. The number of hydrogen-bond donors (Lipinski definition) is 2. The number of rotatable bonds is 6. The van der Waals surface area contributed by atoms with Crippen LogP contribution in [0, 0.1) is 0 Å². The molecule has 2 aromatic carbocycles. The molecular weight excluding hydrogens is 429 g/mol. The highest BCUT2D eigenvalue weighted by atomic mass is 35.5. The summed E-state index contributed by atoms with van der Waals surface area (Å²) >= 11 is 18.3. The van der Waals surface area contributed by atoms with Gasteiger partial charge in [0.15, 0.2) is 0 Å². The van der Waals surface area contributed by atoms with Crippen LogP contribution in [0.2, 0.25) is 15.1 Å². The molecule has 1 aliphatic rings. The highest BCUT2D eigenvalue weighted by Gasteiger charge is 2.20. The number of halogens is 3. The normalized spacial score (nSPS) is 17.0. The van der Waals surface area contributed by atoms with Gasteiger partial charge in [-0.2, -0.15) is 4.98 Å². The van der Waals surface area contributed by atoms with Gasteiger partial charge in [0, 0.05) is 28.7 Å². The van der Waals surface area contributed by atoms with E-state index in [1.807, 2.05) is 24.3 Å². The van der Waals surface area contributed by atoms with Crippen LogP contribution in [0.4, 0.5) is 17.5 Å². The Morgan fingerprint density at radius 3 is 2.69 bits per heavy atom. The van der Waals surface area contributed by atoms with Crippen molar-refractivity contribution in [3.8, 4) is 0 Å². The molecule has 0 saturated carbocycles. The monoisotopic (exact) mass is 449 g/mol. The van der Waals surface area contributed by atoms with Crippen LogP contribution in [0.5, 0.6) is 0 Å². The molecule has 2 N–H and O–H groups in total. The van der Waals surface area contributed by atoms with E-state index in [-0.39, 0.29) is 0 Å². The fourth-order valence-corrected chi connectivity index (χ4v) is 4.17. The fraction of sp³-hybridized carbons (Fsp3) is 0.333. The number of fused-ring (bicyclic) bond motifs is 1. The molecule has 1 saturated heterocycles. The second-order valence-electron chi connectivity index (χ2n) is 7.30. The molecule has 5 nitrogen and oxygen atoms in total. The van der Waals surface area contributed by atoms with Crippen molar-refractivity contribution >= 4 is 63.2 Å². The summed E-state index contributed by atoms with van der Waals surface area (Å²) in [6.45, 7) is 2.01. The van der Waals surface area contributed by atoms with Crippen molar-refractivity contribution in [3.63, 3.8) is 0 Å². The zero-order valence-corrected chi connectivity index (χ0v) is 18.3. The lowest BCUT2D eigenvalue weighted by molar-refractivity contribution is 0.301. The smallest absolute Gasteiger partial charge is 0.229 e. The maximum atomic E-state index is 6.22. The predicted octanol–water partition coefficient (Wildman–Crippen LogP) is 6.23. The standard InChI is InChI=1S/C21H22Cl3N5/c1-29-10-2-3-15(29)8-9-25-20-16-11-13(22)4-7-19(16)27-21(28-20)26-14-5-6-17(23)18(24)12-14/h4-7,11-12,15H,2-3,8-10H2,1H3,(H2,25,26,27,28)/t15-/m1/s1. The molecule has 1 aliphatic heterocycles. The van der Waals surface area contributed by atoms with E-state index in [4.69, 9.17) is 39.8 Å². The topological polar surface area (TPSA) is 53.1 Å². The van der Waals surface area contributed by atoms with Crippen LogP contribution in [0.15, 0.2) is 36.4 Å². The van der Waals surface area contributed by atoms with Gasteiger partial charge in [-0.3, -0.25) is 0 Å². The summed E-state index contributed by atoms with van der Waals surface area (Å²) in [6, 6.07) is 11.6. The van der Waals surface area contributed by atoms with Gasteiger partial charge in [-0.15, -0.1) is 0 Å². The van der Waals surface area contributed by atoms with E-state index in [9.17, 15) is 0 Å². The Kier molecular flexibility index (Phi) is 6.30. The van der Waals surface area contributed by atoms with Gasteiger partial charge in [-0.25, -0.2) is 4.98 Å². The Morgan fingerprint density at radius 1 is 1.07 bits per heavy atom. The van der Waals surface area contributed by atoms with E-state index < -0.39 is 0 Å². The first-order valence-electron chi connectivity index (χ1n) is 9.63. The molecule has 3 aromatic rings. The van der Waals surface area contributed by atoms with Gasteiger partial charge in [0.25, 0.3) is 0 Å². The first-order valence-corrected chi connectivity index (χ1v) is 10.8. The molecule has 0 bridgehead atoms. The summed E-state index contributed by atoms with van der Waals surface area (Å²) < 4.78 is 0. The van der Waals surface area contributed by atoms with Crippen LogP contribution >= 0.6 is 34.8 Å². The van der Waals surface area contributed by atoms with Gasteiger partial charge < -0.3 is 15.5 Å². The Labute approximate surface area is 185 Å². The third-order valence-corrected chi connectivity index (χ3v) is 6.25. The van der Waals surface area contributed by atoms with Crippen molar-refractivity contribution in [3.05, 3.63) is 51.5 Å². The third kappa shape index (κ3) is 4.86. The predicted molar refractivity (Wildman–Crippen MR) is 123 cm³/mol. The van der Waals surface area contributed by atoms with Crippen LogP contribution in [-0.4, -0.2) is 41.0 Å². The lowest BCUT2D eigenvalue weighted by atomic mass is 10.1. The first kappa shape index (κ1) is 20.5. The molecule has 0 radical (unpaired) electrons. The van der Waals surface area contributed by atoms with Crippen molar-refractivity contribution in [1.29, 1.82) is 0 Å². The van der Waals surface area contributed by atoms with E-state index in [0.29, 0.717) is 27.1 Å². The fourth-order valence-electron chi connectivity index (χ4n) is 3.70. The summed E-state index contributed by atoms with van der Waals surface area (Å²) in [5.41, 5.74) is 1.58. The average molecular weight is 451 g/mol. The Hall–Kier alpha value is -1.79. The molecular formula is C21H22Cl3N5. The molecule has 29 heavy (non-hydrogen) atoms. The second-order valence-corrected chi connectivity index (χ2v) is 8.55. The zero-order valence-electron chi connectivity index (χ0n) is 16.1. The Bertz CT molecular complexity index is 1030. The number of aromatic nitrogens is 2. The van der Waals surface area contributed by atoms with Crippen LogP contribution in [0.1, 0.15) is 19.3 Å². The van der Waals surface area contributed by atoms with E-state index in [1.54, 1.807) is 12.1 Å². The lowest BCUT2D eigenvalue weighted by Gasteiger charge is -2.20. The third-order valence-electron chi connectivity index (χ3n) is 5.28. The van der Waals surface area contributed by atoms with Crippen molar-refractivity contribution in [1.82, 2.24) is 14.9 Å². The van der Waals surface area contributed by atoms with Crippen LogP contribution in [0.25, 0.3) is 10.9 Å². The summed E-state index contributed by atoms with van der Waals surface area (Å²) in [6.07, 6.45) is 3.59.